The number of nitrogens with one attached hydrogen (secondary N) is 2. The van der Waals surface area contributed by atoms with Crippen LogP contribution in [0, 0.1) is 5.41 Å². The van der Waals surface area contributed by atoms with E-state index in [4.69, 9.17) is 27.9 Å². The number of carbonyl (C=O) groups is 2. The van der Waals surface area contributed by atoms with Gasteiger partial charge >= 0.3 is 6.09 Å². The molecule has 3 aliphatic rings. The first-order valence-electron chi connectivity index (χ1n) is 10.6. The number of carbonyl (C=O) groups excluding carboxylic acids is 2. The summed E-state index contributed by atoms with van der Waals surface area (Å²) in [6, 6.07) is 6.86. The van der Waals surface area contributed by atoms with E-state index in [1.807, 2.05) is 0 Å². The van der Waals surface area contributed by atoms with Gasteiger partial charge in [-0.3, -0.25) is 15.1 Å². The Morgan fingerprint density at radius 1 is 1.18 bits per heavy atom. The Balaban J connectivity index is 1.25. The van der Waals surface area contributed by atoms with Crippen molar-refractivity contribution in [3.05, 3.63) is 47.4 Å². The zero-order valence-electron chi connectivity index (χ0n) is 18.4. The van der Waals surface area contributed by atoms with E-state index in [1.54, 1.807) is 50.6 Å². The molecule has 0 unspecified atom stereocenters. The van der Waals surface area contributed by atoms with Gasteiger partial charge in [-0.15, -0.1) is 16.7 Å². The van der Waals surface area contributed by atoms with E-state index in [9.17, 15) is 9.59 Å². The molecule has 0 radical (unpaired) electrons. The molecule has 0 spiro atoms. The third-order valence-electron chi connectivity index (χ3n) is 6.27. The van der Waals surface area contributed by atoms with Crippen molar-refractivity contribution < 1.29 is 14.3 Å². The first kappa shape index (κ1) is 22.5. The molecule has 0 aliphatic heterocycles. The summed E-state index contributed by atoms with van der Waals surface area (Å²) in [5.74, 6) is 0.275. The molecule has 0 saturated heterocycles. The summed E-state index contributed by atoms with van der Waals surface area (Å²) in [6.07, 6.45) is 3.92. The Morgan fingerprint density at radius 3 is 2.59 bits per heavy atom. The molecule has 176 valence electrons. The summed E-state index contributed by atoms with van der Waals surface area (Å²) < 4.78 is 6.84. The van der Waals surface area contributed by atoms with Crippen LogP contribution in [0.2, 0.25) is 5.15 Å². The van der Waals surface area contributed by atoms with Gasteiger partial charge in [-0.25, -0.2) is 14.5 Å². The minimum absolute atomic E-state index is 0.0305. The average Bonchev–Trinajstić information content (AvgIpc) is 3.11. The van der Waals surface area contributed by atoms with Crippen LogP contribution in [0.4, 0.5) is 16.3 Å². The fourth-order valence-electron chi connectivity index (χ4n) is 4.50. The zero-order valence-corrected chi connectivity index (χ0v) is 19.9. The lowest BCUT2D eigenvalue weighted by Gasteiger charge is -2.65. The van der Waals surface area contributed by atoms with Crippen molar-refractivity contribution in [2.45, 2.75) is 37.2 Å². The summed E-state index contributed by atoms with van der Waals surface area (Å²) in [4.78, 5) is 33.3. The molecule has 12 heteroatoms. The number of alkyl halides is 1. The summed E-state index contributed by atoms with van der Waals surface area (Å²) >= 11 is 12.3. The second kappa shape index (κ2) is 8.21. The number of halogens is 2. The van der Waals surface area contributed by atoms with Crippen LogP contribution >= 0.6 is 23.2 Å². The molecule has 3 aliphatic carbocycles. The van der Waals surface area contributed by atoms with Crippen molar-refractivity contribution in [3.8, 4) is 11.4 Å². The minimum atomic E-state index is -0.710. The van der Waals surface area contributed by atoms with Crippen LogP contribution in [0.15, 0.2) is 36.7 Å². The third-order valence-corrected chi connectivity index (χ3v) is 6.98. The molecule has 3 aromatic heterocycles. The van der Waals surface area contributed by atoms with Gasteiger partial charge in [0.05, 0.1) is 23.0 Å². The van der Waals surface area contributed by atoms with Crippen molar-refractivity contribution in [3.63, 3.8) is 0 Å². The summed E-state index contributed by atoms with van der Waals surface area (Å²) in [5.41, 5.74) is 1.65. The lowest BCUT2D eigenvalue weighted by atomic mass is 9.43. The van der Waals surface area contributed by atoms with Crippen molar-refractivity contribution in [2.24, 2.45) is 12.5 Å². The standard InChI is InChI=1S/C22H21Cl2N7O3/c1-12(14-4-3-7-25-17(14)23)34-20(33)28-18-16(29-30-31(18)2)15-6-5-13(8-26-15)27-19(32)21-9-22(24,10-21)11-21/h3-8,12H,9-11H2,1-2H3,(H,27,32)(H,28,33)/t12-,21?,22?/m1/s1. The fraction of sp³-hybridized carbons (Fsp3) is 0.364. The van der Waals surface area contributed by atoms with E-state index < -0.39 is 12.2 Å². The van der Waals surface area contributed by atoms with Crippen LogP contribution in [0.1, 0.15) is 37.9 Å². The summed E-state index contributed by atoms with van der Waals surface area (Å²) in [7, 11) is 1.63. The molecular weight excluding hydrogens is 481 g/mol. The monoisotopic (exact) mass is 501 g/mol. The number of hydrogen-bond donors (Lipinski definition) is 2. The summed E-state index contributed by atoms with van der Waals surface area (Å²) in [6.45, 7) is 1.69. The first-order chi connectivity index (χ1) is 16.2. The normalized spacial score (nSPS) is 23.3. The lowest BCUT2D eigenvalue weighted by molar-refractivity contribution is -0.152. The minimum Gasteiger partial charge on any atom is -0.441 e. The van der Waals surface area contributed by atoms with Gasteiger partial charge in [0.1, 0.15) is 11.3 Å². The van der Waals surface area contributed by atoms with Crippen molar-refractivity contribution in [2.75, 3.05) is 10.6 Å². The maximum atomic E-state index is 12.5. The highest BCUT2D eigenvalue weighted by molar-refractivity contribution is 6.30. The molecule has 1 atom stereocenters. The van der Waals surface area contributed by atoms with Crippen LogP contribution in [0.5, 0.6) is 0 Å². The number of hydrogen-bond acceptors (Lipinski definition) is 7. The van der Waals surface area contributed by atoms with Crippen LogP contribution in [0.3, 0.4) is 0 Å². The number of amides is 2. The molecule has 3 fully saturated rings. The van der Waals surface area contributed by atoms with Gasteiger partial charge in [0.2, 0.25) is 5.91 Å². The van der Waals surface area contributed by atoms with Crippen LogP contribution < -0.4 is 10.6 Å². The van der Waals surface area contributed by atoms with Gasteiger partial charge in [-0.1, -0.05) is 22.9 Å². The van der Waals surface area contributed by atoms with Crippen molar-refractivity contribution in [1.29, 1.82) is 0 Å². The van der Waals surface area contributed by atoms with Crippen molar-refractivity contribution >= 4 is 46.7 Å². The van der Waals surface area contributed by atoms with Gasteiger partial charge in [-0.2, -0.15) is 0 Å². The predicted octanol–water partition coefficient (Wildman–Crippen LogP) is 4.34. The van der Waals surface area contributed by atoms with Crippen LogP contribution in [-0.4, -0.2) is 41.8 Å². The predicted molar refractivity (Wildman–Crippen MR) is 125 cm³/mol. The second-order valence-electron chi connectivity index (χ2n) is 8.81. The van der Waals surface area contributed by atoms with Crippen LogP contribution in [-0.2, 0) is 16.6 Å². The highest BCUT2D eigenvalue weighted by Crippen LogP contribution is 2.71. The Labute approximate surface area is 205 Å². The number of aromatic nitrogens is 5. The molecule has 2 amide bonds. The molecule has 0 aromatic carbocycles. The number of rotatable bonds is 6. The van der Waals surface area contributed by atoms with Gasteiger partial charge in [0, 0.05) is 23.7 Å². The average molecular weight is 502 g/mol. The number of anilines is 2. The van der Waals surface area contributed by atoms with E-state index in [1.165, 1.54) is 4.68 Å². The third kappa shape index (κ3) is 3.97. The number of pyridine rings is 2. The Kier molecular flexibility index (Phi) is 5.44. The topological polar surface area (TPSA) is 124 Å². The van der Waals surface area contributed by atoms with E-state index in [2.05, 4.69) is 30.9 Å². The molecule has 2 N–H and O–H groups in total. The zero-order chi connectivity index (χ0) is 24.1. The number of ether oxygens (including phenoxy) is 1. The smallest absolute Gasteiger partial charge is 0.413 e. The van der Waals surface area contributed by atoms with E-state index in [0.717, 1.165) is 19.3 Å². The fourth-order valence-corrected chi connectivity index (χ4v) is 5.54. The largest absolute Gasteiger partial charge is 0.441 e. The molecule has 3 aromatic rings. The van der Waals surface area contributed by atoms with E-state index in [-0.39, 0.29) is 21.3 Å². The lowest BCUT2D eigenvalue weighted by Crippen LogP contribution is -2.68. The Bertz CT molecular complexity index is 1260. The highest BCUT2D eigenvalue weighted by Gasteiger charge is 2.70. The van der Waals surface area contributed by atoms with Gasteiger partial charge in [0.25, 0.3) is 0 Å². The molecule has 10 nitrogen and oxygen atoms in total. The molecule has 3 heterocycles. The van der Waals surface area contributed by atoms with Gasteiger partial charge < -0.3 is 10.1 Å². The molecule has 2 bridgehead atoms. The summed E-state index contributed by atoms with van der Waals surface area (Å²) in [5, 5.41) is 13.9. The Morgan fingerprint density at radius 2 is 1.94 bits per heavy atom. The molecule has 34 heavy (non-hydrogen) atoms. The van der Waals surface area contributed by atoms with Crippen LogP contribution in [0.25, 0.3) is 11.4 Å². The van der Waals surface area contributed by atoms with E-state index >= 15 is 0 Å². The SMILES string of the molecule is C[C@@H](OC(=O)Nc1c(-c2ccc(NC(=O)C34CC(Cl)(C3)C4)cn2)nnn1C)c1cccnc1Cl. The Hall–Kier alpha value is -3.24. The second-order valence-corrected chi connectivity index (χ2v) is 9.97. The van der Waals surface area contributed by atoms with E-state index in [0.29, 0.717) is 28.5 Å². The maximum Gasteiger partial charge on any atom is 0.413 e. The molecule has 3 saturated carbocycles. The first-order valence-corrected chi connectivity index (χ1v) is 11.4. The van der Waals surface area contributed by atoms with Crippen molar-refractivity contribution in [1.82, 2.24) is 25.0 Å². The van der Waals surface area contributed by atoms with Gasteiger partial charge in [0.15, 0.2) is 11.5 Å². The molecule has 6 rings (SSSR count). The number of aryl methyl sites for hydroxylation is 1. The quantitative estimate of drug-likeness (QED) is 0.380. The molecular formula is C22H21Cl2N7O3. The van der Waals surface area contributed by atoms with Gasteiger partial charge in [-0.05, 0) is 44.4 Å². The maximum absolute atomic E-state index is 12.5. The number of nitrogens with zero attached hydrogens (tertiary/aromatic N) is 5. The highest BCUT2D eigenvalue weighted by atomic mass is 35.5.